The fourth-order valence-corrected chi connectivity index (χ4v) is 15.8. The number of piperidine rings is 6. The zero-order valence-electron chi connectivity index (χ0n) is 122. The van der Waals surface area contributed by atoms with Crippen molar-refractivity contribution in [1.82, 2.24) is 119 Å². The van der Waals surface area contributed by atoms with E-state index in [4.69, 9.17) is 104 Å². The third-order valence-corrected chi connectivity index (χ3v) is 23.3. The number of H-pyrrole nitrogens is 6. The number of anilines is 6. The predicted octanol–water partition coefficient (Wildman–Crippen LogP) is 9.61. The summed E-state index contributed by atoms with van der Waals surface area (Å²) in [6.45, 7) is 0.641. The van der Waals surface area contributed by atoms with Crippen LogP contribution in [0.1, 0.15) is 150 Å². The lowest BCUT2D eigenvalue weighted by Crippen LogP contribution is -2.53. The summed E-state index contributed by atoms with van der Waals surface area (Å²) < 4.78 is 380. The van der Waals surface area contributed by atoms with Crippen LogP contribution in [0.3, 0.4) is 0 Å². The molecule has 6 aliphatic rings. The summed E-state index contributed by atoms with van der Waals surface area (Å²) in [5.74, 6) is -16.6. The third-order valence-electron chi connectivity index (χ3n) is 23.3. The first-order valence-electron chi connectivity index (χ1n) is 65.9. The molecule has 42 nitrogen and oxygen atoms in total. The third kappa shape index (κ3) is 23.5. The Morgan fingerprint density at radius 3 is 0.971 bits per heavy atom. The van der Waals surface area contributed by atoms with Crippen LogP contribution in [0.5, 0.6) is 0 Å². The van der Waals surface area contributed by atoms with Gasteiger partial charge in [-0.2, -0.15) is 0 Å². The number of aromatic amines is 6. The number of likely N-dealkylation sites (tertiary alicyclic amines) is 6. The number of rotatable bonds is 18. The predicted molar refractivity (Wildman–Crippen MR) is 532 cm³/mol. The van der Waals surface area contributed by atoms with Crippen LogP contribution in [0.15, 0.2) is 105 Å². The van der Waals surface area contributed by atoms with Gasteiger partial charge in [-0.15, -0.1) is 0 Å². The van der Waals surface area contributed by atoms with Crippen molar-refractivity contribution in [3.63, 3.8) is 0 Å². The van der Waals surface area contributed by atoms with Crippen LogP contribution in [0.4, 0.5) is 34.9 Å². The molecule has 18 rings (SSSR count). The van der Waals surface area contributed by atoms with E-state index in [1.165, 1.54) is 67.5 Å². The number of hydrogen-bond acceptors (Lipinski definition) is 24. The van der Waals surface area contributed by atoms with Crippen LogP contribution in [0.2, 0.25) is 0 Å². The molecule has 0 radical (unpaired) electrons. The van der Waals surface area contributed by atoms with E-state index in [1.54, 1.807) is 32.2 Å². The summed E-state index contributed by atoms with van der Waals surface area (Å²) in [5.41, 5.74) is 2.39. The Balaban J connectivity index is 0.000000181. The van der Waals surface area contributed by atoms with Gasteiger partial charge < -0.3 is 118 Å². The number of amides is 6. The van der Waals surface area contributed by atoms with Gasteiger partial charge in [-0.05, 0) is 117 Å². The molecule has 6 amide bonds. The summed E-state index contributed by atoms with van der Waals surface area (Å²) in [5, 5.41) is 1.68. The molecule has 0 saturated carbocycles. The molecular formula is C97H122N36O6. The lowest BCUT2D eigenvalue weighted by atomic mass is 9.92. The van der Waals surface area contributed by atoms with Gasteiger partial charge in [0.2, 0.25) is 0 Å². The first kappa shape index (κ1) is 55.5. The second kappa shape index (κ2) is 46.7. The molecule has 0 spiro atoms. The molecule has 6 saturated heterocycles. The highest BCUT2D eigenvalue weighted by atomic mass is 16.2. The molecule has 6 aliphatic heterocycles. The first-order valence-corrected chi connectivity index (χ1v) is 42.4. The molecule has 18 heterocycles. The Bertz CT molecular complexity index is 8780. The average Bonchev–Trinajstić information content (AvgIpc) is 0.899. The number of aromatic nitrogens is 18. The SMILES string of the molecule is [2H]C([2H])([N+]#[C-])C(=O)N1CC[C@@H](C([2H])([2H])[2H])[C@@]([2H])(N(c2ncnc3[nH]ccc23)C([2H])([2H])[2H])C1.[2H]C([2H])([N+]#[C-])C(=O)N1CC[C@@H](C)[C@@]([2H])(N(c2ncnc3[nH]ccc23)C([2H])([2H])[2H])C1.[2H]C([2H])([N+]#[C-])C(=O)N1CC[C@@]([2H])(C([2H])([2H])[2H])[C@@H](N(c2ncnc3[nH]ccc23)C([2H])([2H])[2H])C1.[2H]C([2H])([N+]#[C-])C(=O)N1CC[C@@]([2H])(C([2H])([2H])[2H])[C@@]([2H])(N(c2ncnc3[nH]ccc23)C([2H])([2H])[2H])C1.[2H]C([2H])([N+]#[C-])C(=O)N1CC[C@@]([2H])(C)[C@@]([2H])(N(c2ncnc3[nH]ccc23)C([2H])([2H])[2H])C1.[2H]c1c(C)[nH]c2ncnc(N([C@H]3CN(C(=O)C([2H])([2H])[N+]#[C-])CC[C@H]3C)C([2H])([2H])[2H])c12. The van der Waals surface area contributed by atoms with Gasteiger partial charge in [-0.3, -0.25) is 28.8 Å². The second-order valence-corrected chi connectivity index (χ2v) is 31.6. The van der Waals surface area contributed by atoms with Gasteiger partial charge in [0.1, 0.15) is 123 Å². The van der Waals surface area contributed by atoms with Crippen molar-refractivity contribution in [2.45, 2.75) is 123 Å². The van der Waals surface area contributed by atoms with E-state index in [2.05, 4.69) is 119 Å². The molecule has 0 unspecified atom stereocenters. The van der Waals surface area contributed by atoms with Crippen LogP contribution in [0.25, 0.3) is 95.3 Å². The van der Waals surface area contributed by atoms with Crippen LogP contribution in [0, 0.1) is 81.8 Å². The van der Waals surface area contributed by atoms with Crippen molar-refractivity contribution < 1.29 is 93.2 Å². The highest BCUT2D eigenvalue weighted by Crippen LogP contribution is 2.37. The highest BCUT2D eigenvalue weighted by molar-refractivity contribution is 5.93. The minimum absolute atomic E-state index is 0.0283. The topological polar surface area (TPSA) is 417 Å². The van der Waals surface area contributed by atoms with Crippen LogP contribution in [-0.4, -0.2) is 350 Å². The zero-order valence-corrected chi connectivity index (χ0v) is 74.7. The lowest BCUT2D eigenvalue weighted by Gasteiger charge is -2.41. The number of aryl methyl sites for hydroxylation is 1. The number of hydrogen-bond donors (Lipinski definition) is 6. The zero-order chi connectivity index (χ0) is 140. The van der Waals surface area contributed by atoms with Crippen LogP contribution >= 0.6 is 0 Å². The normalized spacial score (nSPS) is 31.2. The first-order chi connectivity index (χ1) is 85.3. The Hall–Kier alpha value is -15.7. The van der Waals surface area contributed by atoms with Gasteiger partial charge in [0, 0.05) is 198 Å². The number of likely N-dealkylation sites (N-methyl/N-ethyl adjacent to an activating group) is 6. The lowest BCUT2D eigenvalue weighted by molar-refractivity contribution is -0.131. The molecular weight excluding hydrogens is 1770 g/mol. The van der Waals surface area contributed by atoms with Gasteiger partial charge in [-0.25, -0.2) is 99.2 Å². The Labute approximate surface area is 874 Å². The molecule has 12 aromatic heterocycles. The number of nitrogens with one attached hydrogen (secondary N) is 6. The van der Waals surface area contributed by atoms with Crippen LogP contribution in [-0.2, 0) is 28.8 Å². The van der Waals surface area contributed by atoms with Crippen LogP contribution < -0.4 is 29.4 Å². The maximum atomic E-state index is 12.6. The maximum Gasteiger partial charge on any atom is 0.302 e. The van der Waals surface area contributed by atoms with E-state index in [0.29, 0.717) is 55.3 Å². The largest absolute Gasteiger partial charge is 0.354 e. The van der Waals surface area contributed by atoms with Crippen molar-refractivity contribution in [1.29, 1.82) is 0 Å². The van der Waals surface area contributed by atoms with Crippen molar-refractivity contribution in [3.8, 4) is 0 Å². The quantitative estimate of drug-likeness (QED) is 0.0435. The summed E-state index contributed by atoms with van der Waals surface area (Å²) in [4.78, 5) is 167. The monoisotopic (exact) mass is 1930 g/mol. The van der Waals surface area contributed by atoms with E-state index in [0.717, 1.165) is 69.4 Å². The molecule has 6 fully saturated rings. The summed E-state index contributed by atoms with van der Waals surface area (Å²) in [6.07, 6.45) is 13.5. The summed E-state index contributed by atoms with van der Waals surface area (Å²) in [7, 11) is 0. The van der Waals surface area contributed by atoms with E-state index in [1.807, 2.05) is 6.92 Å². The number of carbonyl (C=O) groups is 6. The molecule has 42 heteroatoms. The standard InChI is InChI=1S/C17H22N6O.5C16H20N6O/c1-11-5-6-23(15(24)8-18-3)9-14(11)22(4)17-13-7-12(2)21-16(13)19-10-20-17;5*1-11-5-7-22(14(23)8-17-2)9-13(11)21(3)16-12-4-6-18-15(12)19-10-20-16/h7,10-11,14H,5-6,8-9H2,1-2,4H3,(H,19,20,21);5*4,6,10-11,13H,5,7-9H2,1,3H3,(H,18,19,20)/t11-,14+;5*11-,13+/m111111/s1/i4D3,7D,8D2;1D3,3D3,8D2,11D,13D;3D3,8D2,11D,13D;1D3,3D3,8D2,13D;1D3,3D3,8D2,11D;3D3,8D2,13D. The molecule has 0 aromatic carbocycles. The smallest absolute Gasteiger partial charge is 0.302 e. The minimum Gasteiger partial charge on any atom is -0.354 e. The Morgan fingerprint density at radius 1 is 0.345 bits per heavy atom. The Morgan fingerprint density at radius 2 is 0.619 bits per heavy atom. The molecule has 12 atom stereocenters. The molecule has 139 heavy (non-hydrogen) atoms. The van der Waals surface area contributed by atoms with Crippen molar-refractivity contribution in [2.75, 3.05) is 189 Å². The van der Waals surface area contributed by atoms with Crippen molar-refractivity contribution in [2.24, 2.45) is 35.4 Å². The van der Waals surface area contributed by atoms with Gasteiger partial charge >= 0.3 is 35.4 Å². The fourth-order valence-electron chi connectivity index (χ4n) is 15.8. The van der Waals surface area contributed by atoms with Crippen molar-refractivity contribution in [3.05, 3.63) is 180 Å². The number of fused-ring (bicyclic) bond motifs is 6. The van der Waals surface area contributed by atoms with Gasteiger partial charge in [0.25, 0.3) is 39.0 Å². The van der Waals surface area contributed by atoms with E-state index >= 15 is 0 Å². The number of nitrogens with zero attached hydrogens (tertiary/aromatic N) is 30. The minimum atomic E-state index is -3.19. The summed E-state index contributed by atoms with van der Waals surface area (Å²) >= 11 is 0. The fraction of sp³-hybridized carbons (Fsp3) is 0.505. The molecule has 726 valence electrons. The molecule has 0 bridgehead atoms. The number of carbonyl (C=O) groups excluding carboxylic acids is 6. The molecule has 0 aliphatic carbocycles. The second-order valence-electron chi connectivity index (χ2n) is 31.6. The molecule has 6 N–H and O–H groups in total. The van der Waals surface area contributed by atoms with E-state index < -0.39 is 248 Å². The van der Waals surface area contributed by atoms with Gasteiger partial charge in [0.15, 0.2) is 0 Å². The van der Waals surface area contributed by atoms with E-state index in [-0.39, 0.29) is 145 Å². The van der Waals surface area contributed by atoms with Gasteiger partial charge in [-0.1, -0.05) is 41.3 Å². The maximum absolute atomic E-state index is 12.6. The molecule has 12 aromatic rings. The van der Waals surface area contributed by atoms with Crippen molar-refractivity contribution >= 4 is 137 Å². The van der Waals surface area contributed by atoms with E-state index in [9.17, 15) is 28.8 Å². The van der Waals surface area contributed by atoms with Gasteiger partial charge in [0.05, 0.1) is 75.3 Å². The Kier molecular flexibility index (Phi) is 18.6. The highest BCUT2D eigenvalue weighted by Gasteiger charge is 2.41. The average molecular weight is 1940 g/mol. The summed E-state index contributed by atoms with van der Waals surface area (Å²) in [6, 6.07) is -3.98.